The number of rotatable bonds is 1. The normalized spacial score (nSPS) is 18.9. The number of carbonyl (C=O) groups excluding carboxylic acids is 2. The quantitative estimate of drug-likeness (QED) is 0.739. The number of amides is 2. The van der Waals surface area contributed by atoms with E-state index in [0.29, 0.717) is 15.7 Å². The number of benzene rings is 1. The molecule has 102 valence electrons. The molecule has 1 heterocycles. The van der Waals surface area contributed by atoms with Crippen molar-refractivity contribution in [2.24, 2.45) is 5.41 Å². The number of piperidine rings is 1. The zero-order chi connectivity index (χ0) is 14.4. The highest BCUT2D eigenvalue weighted by atomic mass is 79.9. The van der Waals surface area contributed by atoms with E-state index in [1.165, 1.54) is 6.07 Å². The molecule has 0 bridgehead atoms. The standard InChI is InChI=1S/C14H15BrFNO2/c1-8-4-9(15)10(16)5-11(8)17-12(18)6-14(2,3)7-13(17)19/h4-5H,6-7H2,1-3H3. The lowest BCUT2D eigenvalue weighted by molar-refractivity contribution is -0.132. The van der Waals surface area contributed by atoms with Crippen molar-refractivity contribution in [3.05, 3.63) is 28.0 Å². The Morgan fingerprint density at radius 2 is 1.74 bits per heavy atom. The molecule has 1 saturated heterocycles. The molecule has 1 aliphatic rings. The van der Waals surface area contributed by atoms with E-state index in [1.807, 2.05) is 13.8 Å². The van der Waals surface area contributed by atoms with Gasteiger partial charge in [-0.3, -0.25) is 14.5 Å². The Kier molecular flexibility index (Phi) is 3.51. The topological polar surface area (TPSA) is 37.4 Å². The Bertz CT molecular complexity index is 549. The van der Waals surface area contributed by atoms with E-state index >= 15 is 0 Å². The van der Waals surface area contributed by atoms with E-state index in [1.54, 1.807) is 13.0 Å². The number of aryl methyl sites for hydroxylation is 1. The van der Waals surface area contributed by atoms with Crippen LogP contribution in [0, 0.1) is 18.2 Å². The van der Waals surface area contributed by atoms with Crippen LogP contribution >= 0.6 is 15.9 Å². The first-order valence-electron chi connectivity index (χ1n) is 6.03. The lowest BCUT2D eigenvalue weighted by atomic mass is 9.81. The van der Waals surface area contributed by atoms with Gasteiger partial charge in [0.1, 0.15) is 5.82 Å². The van der Waals surface area contributed by atoms with Crippen LogP contribution in [-0.4, -0.2) is 11.8 Å². The van der Waals surface area contributed by atoms with Gasteiger partial charge in [-0.05, 0) is 46.0 Å². The predicted octanol–water partition coefficient (Wildman–Crippen LogP) is 3.58. The summed E-state index contributed by atoms with van der Waals surface area (Å²) < 4.78 is 13.9. The van der Waals surface area contributed by atoms with Gasteiger partial charge in [-0.2, -0.15) is 0 Å². The number of carbonyl (C=O) groups is 2. The van der Waals surface area contributed by atoms with Gasteiger partial charge < -0.3 is 0 Å². The Morgan fingerprint density at radius 1 is 1.21 bits per heavy atom. The van der Waals surface area contributed by atoms with Crippen LogP contribution in [0.4, 0.5) is 10.1 Å². The maximum Gasteiger partial charge on any atom is 0.234 e. The molecule has 1 aromatic carbocycles. The number of halogens is 2. The van der Waals surface area contributed by atoms with Crippen LogP contribution in [0.15, 0.2) is 16.6 Å². The summed E-state index contributed by atoms with van der Waals surface area (Å²) in [6, 6.07) is 2.80. The first kappa shape index (κ1) is 14.2. The van der Waals surface area contributed by atoms with E-state index in [-0.39, 0.29) is 30.1 Å². The summed E-state index contributed by atoms with van der Waals surface area (Å²) in [6.45, 7) is 5.52. The van der Waals surface area contributed by atoms with Crippen LogP contribution in [-0.2, 0) is 9.59 Å². The average Bonchev–Trinajstić information content (AvgIpc) is 2.22. The zero-order valence-corrected chi connectivity index (χ0v) is 12.7. The molecule has 0 aliphatic carbocycles. The second-order valence-corrected chi connectivity index (χ2v) is 6.55. The lowest BCUT2D eigenvalue weighted by Gasteiger charge is -2.35. The lowest BCUT2D eigenvalue weighted by Crippen LogP contribution is -2.46. The first-order chi connectivity index (χ1) is 8.71. The molecular weight excluding hydrogens is 313 g/mol. The van der Waals surface area contributed by atoms with Crippen LogP contribution in [0.1, 0.15) is 32.3 Å². The molecule has 19 heavy (non-hydrogen) atoms. The molecule has 0 atom stereocenters. The highest BCUT2D eigenvalue weighted by Gasteiger charge is 2.38. The van der Waals surface area contributed by atoms with Crippen molar-refractivity contribution in [3.8, 4) is 0 Å². The van der Waals surface area contributed by atoms with Crippen molar-refractivity contribution in [1.82, 2.24) is 0 Å². The van der Waals surface area contributed by atoms with Crippen molar-refractivity contribution < 1.29 is 14.0 Å². The van der Waals surface area contributed by atoms with Crippen molar-refractivity contribution in [2.75, 3.05) is 4.90 Å². The fourth-order valence-electron chi connectivity index (χ4n) is 2.32. The summed E-state index contributed by atoms with van der Waals surface area (Å²) in [5.41, 5.74) is 0.702. The van der Waals surface area contributed by atoms with Gasteiger partial charge in [-0.15, -0.1) is 0 Å². The smallest absolute Gasteiger partial charge is 0.234 e. The van der Waals surface area contributed by atoms with Crippen LogP contribution in [0.2, 0.25) is 0 Å². The molecule has 2 rings (SSSR count). The number of imide groups is 1. The first-order valence-corrected chi connectivity index (χ1v) is 6.82. The molecule has 2 amide bonds. The number of hydrogen-bond acceptors (Lipinski definition) is 2. The average molecular weight is 328 g/mol. The second kappa shape index (κ2) is 4.71. The summed E-state index contributed by atoms with van der Waals surface area (Å²) in [7, 11) is 0. The Hall–Kier alpha value is -1.23. The minimum absolute atomic E-state index is 0.272. The summed E-state index contributed by atoms with van der Waals surface area (Å²) >= 11 is 3.09. The summed E-state index contributed by atoms with van der Waals surface area (Å²) in [5, 5.41) is 0. The van der Waals surface area contributed by atoms with Gasteiger partial charge in [0.05, 0.1) is 10.2 Å². The maximum atomic E-state index is 13.6. The van der Waals surface area contributed by atoms with E-state index in [4.69, 9.17) is 0 Å². The molecule has 1 aromatic rings. The molecule has 0 aromatic heterocycles. The Labute approximate surface area is 119 Å². The molecular formula is C14H15BrFNO2. The van der Waals surface area contributed by atoms with Gasteiger partial charge in [0.25, 0.3) is 0 Å². The van der Waals surface area contributed by atoms with Gasteiger partial charge >= 0.3 is 0 Å². The van der Waals surface area contributed by atoms with Gasteiger partial charge in [0.2, 0.25) is 11.8 Å². The maximum absolute atomic E-state index is 13.6. The molecule has 1 fully saturated rings. The third-order valence-corrected chi connectivity index (χ3v) is 3.85. The minimum Gasteiger partial charge on any atom is -0.274 e. The largest absolute Gasteiger partial charge is 0.274 e. The van der Waals surface area contributed by atoms with E-state index in [0.717, 1.165) is 4.90 Å². The van der Waals surface area contributed by atoms with E-state index in [9.17, 15) is 14.0 Å². The molecule has 3 nitrogen and oxygen atoms in total. The SMILES string of the molecule is Cc1cc(Br)c(F)cc1N1C(=O)CC(C)(C)CC1=O. The highest BCUT2D eigenvalue weighted by Crippen LogP contribution is 2.36. The highest BCUT2D eigenvalue weighted by molar-refractivity contribution is 9.10. The van der Waals surface area contributed by atoms with Gasteiger partial charge in [0, 0.05) is 12.8 Å². The van der Waals surface area contributed by atoms with Crippen molar-refractivity contribution in [1.29, 1.82) is 0 Å². The fraction of sp³-hybridized carbons (Fsp3) is 0.429. The number of hydrogen-bond donors (Lipinski definition) is 0. The molecule has 0 unspecified atom stereocenters. The Balaban J connectivity index is 2.45. The molecule has 0 saturated carbocycles. The minimum atomic E-state index is -0.481. The van der Waals surface area contributed by atoms with Gasteiger partial charge in [-0.1, -0.05) is 13.8 Å². The van der Waals surface area contributed by atoms with Gasteiger partial charge in [-0.25, -0.2) is 4.39 Å². The van der Waals surface area contributed by atoms with Gasteiger partial charge in [0.15, 0.2) is 0 Å². The molecule has 0 N–H and O–H groups in total. The van der Waals surface area contributed by atoms with E-state index < -0.39 is 5.82 Å². The van der Waals surface area contributed by atoms with Crippen LogP contribution in [0.3, 0.4) is 0 Å². The monoisotopic (exact) mass is 327 g/mol. The summed E-state index contributed by atoms with van der Waals surface area (Å²) in [6.07, 6.45) is 0.575. The summed E-state index contributed by atoms with van der Waals surface area (Å²) in [4.78, 5) is 25.4. The third kappa shape index (κ3) is 2.71. The van der Waals surface area contributed by atoms with Crippen LogP contribution in [0.25, 0.3) is 0 Å². The predicted molar refractivity (Wildman–Crippen MR) is 74.3 cm³/mol. The second-order valence-electron chi connectivity index (χ2n) is 5.69. The third-order valence-electron chi connectivity index (χ3n) is 3.24. The van der Waals surface area contributed by atoms with Crippen molar-refractivity contribution >= 4 is 33.4 Å². The molecule has 0 spiro atoms. The van der Waals surface area contributed by atoms with Crippen molar-refractivity contribution in [3.63, 3.8) is 0 Å². The van der Waals surface area contributed by atoms with Crippen molar-refractivity contribution in [2.45, 2.75) is 33.6 Å². The summed E-state index contributed by atoms with van der Waals surface area (Å²) in [5.74, 6) is -1.02. The fourth-order valence-corrected chi connectivity index (χ4v) is 2.78. The number of anilines is 1. The molecule has 0 radical (unpaired) electrons. The number of nitrogens with zero attached hydrogens (tertiary/aromatic N) is 1. The van der Waals surface area contributed by atoms with E-state index in [2.05, 4.69) is 15.9 Å². The van der Waals surface area contributed by atoms with Crippen LogP contribution in [0.5, 0.6) is 0 Å². The molecule has 5 heteroatoms. The Morgan fingerprint density at radius 3 is 2.26 bits per heavy atom. The molecule has 1 aliphatic heterocycles. The van der Waals surface area contributed by atoms with Crippen LogP contribution < -0.4 is 4.90 Å². The zero-order valence-electron chi connectivity index (χ0n) is 11.1.